The fourth-order valence-electron chi connectivity index (χ4n) is 3.26. The average molecular weight is 427 g/mol. The maximum absolute atomic E-state index is 13.9. The van der Waals surface area contributed by atoms with E-state index in [2.05, 4.69) is 0 Å². The molecule has 2 N–H and O–H groups in total. The number of carbonyl (C=O) groups excluding carboxylic acids is 1. The Hall–Kier alpha value is -2.69. The number of nitrogens with two attached hydrogens (primary N) is 1. The highest BCUT2D eigenvalue weighted by molar-refractivity contribution is 5.97. The molecule has 0 saturated carbocycles. The summed E-state index contributed by atoms with van der Waals surface area (Å²) in [7, 11) is 0. The predicted molar refractivity (Wildman–Crippen MR) is 124 cm³/mol. The molecule has 0 radical (unpaired) electrons. The minimum atomic E-state index is -0.757. The summed E-state index contributed by atoms with van der Waals surface area (Å²) in [6, 6.07) is 19.7. The van der Waals surface area contributed by atoms with Crippen molar-refractivity contribution < 1.29 is 9.18 Å². The number of halogens is 2. The van der Waals surface area contributed by atoms with Crippen LogP contribution in [0.25, 0.3) is 0 Å². The van der Waals surface area contributed by atoms with E-state index in [1.54, 1.807) is 17.9 Å². The monoisotopic (exact) mass is 426 g/mol. The molecule has 3 nitrogen and oxygen atoms in total. The molecule has 0 aliphatic heterocycles. The van der Waals surface area contributed by atoms with E-state index < -0.39 is 6.04 Å². The van der Waals surface area contributed by atoms with Crippen molar-refractivity contribution in [3.05, 3.63) is 100 Å². The third-order valence-corrected chi connectivity index (χ3v) is 5.35. The molecular formula is C25H28ClFN2O. The summed E-state index contributed by atoms with van der Waals surface area (Å²) in [5, 5.41) is 0. The Kier molecular flexibility index (Phi) is 8.16. The zero-order valence-corrected chi connectivity index (χ0v) is 18.4. The van der Waals surface area contributed by atoms with Crippen LogP contribution in [0.4, 0.5) is 10.1 Å². The number of benzene rings is 3. The van der Waals surface area contributed by atoms with Crippen LogP contribution in [-0.2, 0) is 11.2 Å². The number of nitrogens with zero attached hydrogens (tertiary/aromatic N) is 1. The molecule has 0 aliphatic rings. The molecule has 0 heterocycles. The van der Waals surface area contributed by atoms with E-state index in [0.29, 0.717) is 18.5 Å². The van der Waals surface area contributed by atoms with Crippen molar-refractivity contribution in [1.82, 2.24) is 0 Å². The van der Waals surface area contributed by atoms with Crippen LogP contribution in [0.2, 0.25) is 0 Å². The Morgan fingerprint density at radius 2 is 1.60 bits per heavy atom. The summed E-state index contributed by atoms with van der Waals surface area (Å²) in [6.45, 7) is 6.22. The van der Waals surface area contributed by atoms with Gasteiger partial charge in [-0.1, -0.05) is 48.5 Å². The van der Waals surface area contributed by atoms with Gasteiger partial charge in [-0.2, -0.15) is 0 Å². The Labute approximate surface area is 184 Å². The van der Waals surface area contributed by atoms with Crippen LogP contribution in [0.5, 0.6) is 0 Å². The van der Waals surface area contributed by atoms with Gasteiger partial charge in [0.05, 0.1) is 0 Å². The van der Waals surface area contributed by atoms with Crippen LogP contribution in [-0.4, -0.2) is 12.5 Å². The van der Waals surface area contributed by atoms with Crippen LogP contribution < -0.4 is 10.6 Å². The van der Waals surface area contributed by atoms with Crippen LogP contribution in [0.3, 0.4) is 0 Å². The SMILES string of the molecule is Cc1ccc(N(CCc2ccc(C)c(F)c2)C(=O)[C@@H](N)c2ccccc2)cc1C.Cl. The van der Waals surface area contributed by atoms with Gasteiger partial charge < -0.3 is 10.6 Å². The third kappa shape index (κ3) is 5.47. The molecule has 0 bridgehead atoms. The maximum Gasteiger partial charge on any atom is 0.248 e. The highest BCUT2D eigenvalue weighted by atomic mass is 35.5. The molecule has 5 heteroatoms. The molecular weight excluding hydrogens is 399 g/mol. The molecule has 0 unspecified atom stereocenters. The molecule has 3 aromatic carbocycles. The summed E-state index contributed by atoms with van der Waals surface area (Å²) >= 11 is 0. The number of hydrogen-bond donors (Lipinski definition) is 1. The molecule has 3 aromatic rings. The first kappa shape index (κ1) is 23.6. The van der Waals surface area contributed by atoms with Crippen molar-refractivity contribution >= 4 is 24.0 Å². The van der Waals surface area contributed by atoms with Crippen molar-refractivity contribution in [1.29, 1.82) is 0 Å². The van der Waals surface area contributed by atoms with E-state index in [4.69, 9.17) is 5.73 Å². The predicted octanol–water partition coefficient (Wildman–Crippen LogP) is 5.45. The molecule has 0 aliphatic carbocycles. The minimum Gasteiger partial charge on any atom is -0.316 e. The van der Waals surface area contributed by atoms with E-state index in [1.807, 2.05) is 68.4 Å². The Morgan fingerprint density at radius 1 is 0.933 bits per heavy atom. The number of amides is 1. The molecule has 0 saturated heterocycles. The number of carbonyl (C=O) groups is 1. The third-order valence-electron chi connectivity index (χ3n) is 5.35. The molecule has 158 valence electrons. The van der Waals surface area contributed by atoms with Gasteiger partial charge in [0.25, 0.3) is 0 Å². The van der Waals surface area contributed by atoms with Gasteiger partial charge in [-0.25, -0.2) is 4.39 Å². The molecule has 0 fully saturated rings. The van der Waals surface area contributed by atoms with Crippen LogP contribution in [0, 0.1) is 26.6 Å². The number of anilines is 1. The lowest BCUT2D eigenvalue weighted by Gasteiger charge is -2.27. The molecule has 0 spiro atoms. The molecule has 3 rings (SSSR count). The molecule has 30 heavy (non-hydrogen) atoms. The van der Waals surface area contributed by atoms with Gasteiger partial charge in [0.2, 0.25) is 5.91 Å². The number of rotatable bonds is 6. The van der Waals surface area contributed by atoms with Gasteiger partial charge in [-0.05, 0) is 73.2 Å². The maximum atomic E-state index is 13.9. The van der Waals surface area contributed by atoms with Crippen LogP contribution >= 0.6 is 12.4 Å². The Balaban J connectivity index is 0.00000320. The van der Waals surface area contributed by atoms with Crippen molar-refractivity contribution in [3.63, 3.8) is 0 Å². The van der Waals surface area contributed by atoms with Gasteiger partial charge in [0.15, 0.2) is 0 Å². The van der Waals surface area contributed by atoms with E-state index >= 15 is 0 Å². The van der Waals surface area contributed by atoms with Crippen molar-refractivity contribution in [2.45, 2.75) is 33.2 Å². The first-order valence-corrected chi connectivity index (χ1v) is 9.81. The van der Waals surface area contributed by atoms with E-state index in [9.17, 15) is 9.18 Å². The zero-order chi connectivity index (χ0) is 21.0. The van der Waals surface area contributed by atoms with Gasteiger partial charge in [-0.3, -0.25) is 4.79 Å². The summed E-state index contributed by atoms with van der Waals surface area (Å²) in [5.74, 6) is -0.403. The lowest BCUT2D eigenvalue weighted by Crippen LogP contribution is -2.40. The van der Waals surface area contributed by atoms with Crippen molar-refractivity contribution in [3.8, 4) is 0 Å². The fourth-order valence-corrected chi connectivity index (χ4v) is 3.26. The summed E-state index contributed by atoms with van der Waals surface area (Å²) in [6.07, 6.45) is 0.539. The second-order valence-electron chi connectivity index (χ2n) is 7.48. The molecule has 1 amide bonds. The smallest absolute Gasteiger partial charge is 0.248 e. The number of aryl methyl sites for hydroxylation is 3. The first-order valence-electron chi connectivity index (χ1n) is 9.81. The van der Waals surface area contributed by atoms with Crippen molar-refractivity contribution in [2.24, 2.45) is 5.73 Å². The minimum absolute atomic E-state index is 0. The topological polar surface area (TPSA) is 46.3 Å². The summed E-state index contributed by atoms with van der Waals surface area (Å²) in [5.41, 5.74) is 11.6. The molecule has 1 atom stereocenters. The summed E-state index contributed by atoms with van der Waals surface area (Å²) in [4.78, 5) is 15.0. The van der Waals surface area contributed by atoms with E-state index in [1.165, 1.54) is 6.07 Å². The standard InChI is InChI=1S/C25H27FN2O.ClH/c1-17-10-12-22(15-19(17)3)28(14-13-20-11-9-18(2)23(26)16-20)25(29)24(27)21-7-5-4-6-8-21;/h4-12,15-16,24H,13-14,27H2,1-3H3;1H/t24-;/m0./s1. The first-order chi connectivity index (χ1) is 13.9. The van der Waals surface area contributed by atoms with Gasteiger partial charge in [-0.15, -0.1) is 12.4 Å². The lowest BCUT2D eigenvalue weighted by atomic mass is 10.0. The second-order valence-corrected chi connectivity index (χ2v) is 7.48. The average Bonchev–Trinajstić information content (AvgIpc) is 2.73. The fraction of sp³-hybridized carbons (Fsp3) is 0.240. The summed E-state index contributed by atoms with van der Waals surface area (Å²) < 4.78 is 13.9. The largest absolute Gasteiger partial charge is 0.316 e. The van der Waals surface area contributed by atoms with Gasteiger partial charge in [0, 0.05) is 12.2 Å². The lowest BCUT2D eigenvalue weighted by molar-refractivity contribution is -0.120. The number of hydrogen-bond acceptors (Lipinski definition) is 2. The highest BCUT2D eigenvalue weighted by Gasteiger charge is 2.24. The van der Waals surface area contributed by atoms with Crippen molar-refractivity contribution in [2.75, 3.05) is 11.4 Å². The highest BCUT2D eigenvalue weighted by Crippen LogP contribution is 2.23. The second kappa shape index (κ2) is 10.4. The normalized spacial score (nSPS) is 11.5. The zero-order valence-electron chi connectivity index (χ0n) is 17.6. The van der Waals surface area contributed by atoms with E-state index in [0.717, 1.165) is 27.9 Å². The Bertz CT molecular complexity index is 1010. The van der Waals surface area contributed by atoms with Crippen LogP contribution in [0.15, 0.2) is 66.7 Å². The Morgan fingerprint density at radius 3 is 2.23 bits per heavy atom. The van der Waals surface area contributed by atoms with Crippen LogP contribution in [0.1, 0.15) is 33.9 Å². The quantitative estimate of drug-likeness (QED) is 0.569. The van der Waals surface area contributed by atoms with E-state index in [-0.39, 0.29) is 24.1 Å². The van der Waals surface area contributed by atoms with Gasteiger partial charge >= 0.3 is 0 Å². The molecule has 0 aromatic heterocycles. The van der Waals surface area contributed by atoms with Gasteiger partial charge in [0.1, 0.15) is 11.9 Å².